The highest BCUT2D eigenvalue weighted by molar-refractivity contribution is 6.30. The van der Waals surface area contributed by atoms with Crippen molar-refractivity contribution < 1.29 is 14.0 Å². The quantitative estimate of drug-likeness (QED) is 0.935. The molecule has 2 aromatic rings. The van der Waals surface area contributed by atoms with Crippen molar-refractivity contribution in [2.75, 3.05) is 16.8 Å². The maximum Gasteiger partial charge on any atom is 0.229 e. The van der Waals surface area contributed by atoms with E-state index in [0.717, 1.165) is 11.8 Å². The van der Waals surface area contributed by atoms with E-state index in [2.05, 4.69) is 5.32 Å². The highest BCUT2D eigenvalue weighted by atomic mass is 35.5. The molecule has 0 spiro atoms. The standard InChI is InChI=1S/C17H14ClFN2O2/c18-12-6-7-15(14(19)9-12)20-17(23)11-8-16(22)21(10-11)13-4-2-1-3-5-13/h1-7,9,11H,8,10H2,(H,20,23)/t11-/m0/s1. The number of para-hydroxylation sites is 1. The van der Waals surface area contributed by atoms with Gasteiger partial charge in [-0.3, -0.25) is 9.59 Å². The molecule has 1 aliphatic rings. The van der Waals surface area contributed by atoms with Crippen LogP contribution in [0.25, 0.3) is 0 Å². The molecule has 0 aliphatic carbocycles. The van der Waals surface area contributed by atoms with Crippen molar-refractivity contribution >= 4 is 34.8 Å². The van der Waals surface area contributed by atoms with Gasteiger partial charge >= 0.3 is 0 Å². The number of hydrogen-bond acceptors (Lipinski definition) is 2. The predicted molar refractivity (Wildman–Crippen MR) is 86.9 cm³/mol. The normalized spacial score (nSPS) is 17.4. The average Bonchev–Trinajstić information content (AvgIpc) is 2.93. The number of nitrogens with zero attached hydrogens (tertiary/aromatic N) is 1. The van der Waals surface area contributed by atoms with Crippen molar-refractivity contribution in [2.45, 2.75) is 6.42 Å². The van der Waals surface area contributed by atoms with Gasteiger partial charge in [0.1, 0.15) is 5.82 Å². The van der Waals surface area contributed by atoms with Crippen molar-refractivity contribution in [3.63, 3.8) is 0 Å². The number of rotatable bonds is 3. The lowest BCUT2D eigenvalue weighted by atomic mass is 10.1. The van der Waals surface area contributed by atoms with Gasteiger partial charge < -0.3 is 10.2 Å². The molecule has 1 heterocycles. The van der Waals surface area contributed by atoms with E-state index in [-0.39, 0.29) is 35.5 Å². The smallest absolute Gasteiger partial charge is 0.229 e. The average molecular weight is 333 g/mol. The Balaban J connectivity index is 1.71. The van der Waals surface area contributed by atoms with E-state index in [1.54, 1.807) is 4.90 Å². The maximum atomic E-state index is 13.7. The van der Waals surface area contributed by atoms with Crippen molar-refractivity contribution in [3.8, 4) is 0 Å². The molecular formula is C17H14ClFN2O2. The van der Waals surface area contributed by atoms with Crippen LogP contribution in [0.1, 0.15) is 6.42 Å². The lowest BCUT2D eigenvalue weighted by Crippen LogP contribution is -2.28. The van der Waals surface area contributed by atoms with Gasteiger partial charge in [0.2, 0.25) is 11.8 Å². The number of hydrogen-bond donors (Lipinski definition) is 1. The second-order valence-electron chi connectivity index (χ2n) is 5.35. The molecule has 0 saturated carbocycles. The van der Waals surface area contributed by atoms with Gasteiger partial charge in [0.25, 0.3) is 0 Å². The van der Waals surface area contributed by atoms with E-state index in [1.807, 2.05) is 30.3 Å². The van der Waals surface area contributed by atoms with Crippen LogP contribution < -0.4 is 10.2 Å². The molecule has 23 heavy (non-hydrogen) atoms. The summed E-state index contributed by atoms with van der Waals surface area (Å²) in [6.07, 6.45) is 0.107. The molecule has 3 rings (SSSR count). The van der Waals surface area contributed by atoms with Crippen molar-refractivity contribution in [1.82, 2.24) is 0 Å². The molecule has 6 heteroatoms. The minimum Gasteiger partial charge on any atom is -0.323 e. The molecule has 1 N–H and O–H groups in total. The highest BCUT2D eigenvalue weighted by Gasteiger charge is 2.35. The zero-order valence-corrected chi connectivity index (χ0v) is 12.9. The monoisotopic (exact) mass is 332 g/mol. The van der Waals surface area contributed by atoms with Crippen molar-refractivity contribution in [3.05, 3.63) is 59.4 Å². The Bertz CT molecular complexity index is 752. The zero-order chi connectivity index (χ0) is 16.4. The topological polar surface area (TPSA) is 49.4 Å². The van der Waals surface area contributed by atoms with Gasteiger partial charge in [0, 0.05) is 23.7 Å². The zero-order valence-electron chi connectivity index (χ0n) is 12.1. The second-order valence-corrected chi connectivity index (χ2v) is 5.79. The van der Waals surface area contributed by atoms with Crippen LogP contribution in [0.3, 0.4) is 0 Å². The first-order chi connectivity index (χ1) is 11.0. The van der Waals surface area contributed by atoms with Crippen LogP contribution in [-0.2, 0) is 9.59 Å². The summed E-state index contributed by atoms with van der Waals surface area (Å²) in [6, 6.07) is 13.2. The number of halogens is 2. The third kappa shape index (κ3) is 3.35. The molecule has 1 saturated heterocycles. The second kappa shape index (κ2) is 6.38. The predicted octanol–water partition coefficient (Wildman–Crippen LogP) is 3.47. The Morgan fingerprint density at radius 3 is 2.65 bits per heavy atom. The molecule has 0 aromatic heterocycles. The van der Waals surface area contributed by atoms with Gasteiger partial charge in [-0.25, -0.2) is 4.39 Å². The Kier molecular flexibility index (Phi) is 4.30. The molecule has 1 fully saturated rings. The SMILES string of the molecule is O=C(Nc1ccc(Cl)cc1F)[C@H]1CC(=O)N(c2ccccc2)C1. The number of benzene rings is 2. The van der Waals surface area contributed by atoms with Crippen molar-refractivity contribution in [2.24, 2.45) is 5.92 Å². The molecule has 2 aromatic carbocycles. The van der Waals surface area contributed by atoms with Gasteiger partial charge in [-0.05, 0) is 30.3 Å². The molecule has 2 amide bonds. The molecule has 1 atom stereocenters. The molecule has 118 valence electrons. The Morgan fingerprint density at radius 1 is 1.22 bits per heavy atom. The first kappa shape index (κ1) is 15.5. The largest absolute Gasteiger partial charge is 0.323 e. The summed E-state index contributed by atoms with van der Waals surface area (Å²) in [5, 5.41) is 2.78. The van der Waals surface area contributed by atoms with E-state index in [1.165, 1.54) is 12.1 Å². The first-order valence-electron chi connectivity index (χ1n) is 7.16. The van der Waals surface area contributed by atoms with Crippen LogP contribution in [0, 0.1) is 11.7 Å². The lowest BCUT2D eigenvalue weighted by molar-refractivity contribution is -0.122. The van der Waals surface area contributed by atoms with E-state index < -0.39 is 11.7 Å². The van der Waals surface area contributed by atoms with Crippen LogP contribution in [0.4, 0.5) is 15.8 Å². The number of anilines is 2. The fraction of sp³-hybridized carbons (Fsp3) is 0.176. The van der Waals surface area contributed by atoms with Gasteiger partial charge in [0.15, 0.2) is 0 Å². The maximum absolute atomic E-state index is 13.7. The van der Waals surface area contributed by atoms with Crippen LogP contribution >= 0.6 is 11.6 Å². The van der Waals surface area contributed by atoms with Crippen LogP contribution in [-0.4, -0.2) is 18.4 Å². The molecular weight excluding hydrogens is 319 g/mol. The third-order valence-electron chi connectivity index (χ3n) is 3.75. The number of amides is 2. The molecule has 0 bridgehead atoms. The Labute approximate surface area is 137 Å². The lowest BCUT2D eigenvalue weighted by Gasteiger charge is -2.16. The summed E-state index contributed by atoms with van der Waals surface area (Å²) in [4.78, 5) is 26.0. The fourth-order valence-corrected chi connectivity index (χ4v) is 2.73. The molecule has 1 aliphatic heterocycles. The molecule has 0 radical (unpaired) electrons. The summed E-state index contributed by atoms with van der Waals surface area (Å²) in [5.74, 6) is -1.61. The highest BCUT2D eigenvalue weighted by Crippen LogP contribution is 2.26. The molecule has 0 unspecified atom stereocenters. The van der Waals surface area contributed by atoms with E-state index in [9.17, 15) is 14.0 Å². The van der Waals surface area contributed by atoms with E-state index in [4.69, 9.17) is 11.6 Å². The Morgan fingerprint density at radius 2 is 1.96 bits per heavy atom. The van der Waals surface area contributed by atoms with Crippen LogP contribution in [0.2, 0.25) is 5.02 Å². The summed E-state index contributed by atoms with van der Waals surface area (Å²) < 4.78 is 13.7. The number of carbonyl (C=O) groups excluding carboxylic acids is 2. The summed E-state index contributed by atoms with van der Waals surface area (Å²) in [6.45, 7) is 0.282. The molecule has 4 nitrogen and oxygen atoms in total. The van der Waals surface area contributed by atoms with E-state index in [0.29, 0.717) is 0 Å². The fourth-order valence-electron chi connectivity index (χ4n) is 2.57. The minimum atomic E-state index is -0.602. The van der Waals surface area contributed by atoms with E-state index >= 15 is 0 Å². The third-order valence-corrected chi connectivity index (χ3v) is 3.99. The van der Waals surface area contributed by atoms with Crippen LogP contribution in [0.15, 0.2) is 48.5 Å². The van der Waals surface area contributed by atoms with Gasteiger partial charge in [-0.15, -0.1) is 0 Å². The summed E-state index contributed by atoms with van der Waals surface area (Å²) in [5.41, 5.74) is 0.815. The Hall–Kier alpha value is -2.40. The van der Waals surface area contributed by atoms with Gasteiger partial charge in [-0.1, -0.05) is 29.8 Å². The number of nitrogens with one attached hydrogen (secondary N) is 1. The number of carbonyl (C=O) groups is 2. The van der Waals surface area contributed by atoms with Gasteiger partial charge in [0.05, 0.1) is 11.6 Å². The summed E-state index contributed by atoms with van der Waals surface area (Å²) in [7, 11) is 0. The minimum absolute atomic E-state index is 0.0602. The van der Waals surface area contributed by atoms with Crippen LogP contribution in [0.5, 0.6) is 0 Å². The first-order valence-corrected chi connectivity index (χ1v) is 7.54. The van der Waals surface area contributed by atoms with Gasteiger partial charge in [-0.2, -0.15) is 0 Å². The summed E-state index contributed by atoms with van der Waals surface area (Å²) >= 11 is 5.68. The van der Waals surface area contributed by atoms with Crippen molar-refractivity contribution in [1.29, 1.82) is 0 Å².